The van der Waals surface area contributed by atoms with Crippen LogP contribution in [-0.4, -0.2) is 18.9 Å². The molecule has 0 bridgehead atoms. The second-order valence-electron chi connectivity index (χ2n) is 5.43. The maximum Gasteiger partial charge on any atom is 0.157 e. The van der Waals surface area contributed by atoms with E-state index in [1.54, 1.807) is 0 Å². The number of hydrogen-bond acceptors (Lipinski definition) is 2. The molecule has 1 N–H and O–H groups in total. The van der Waals surface area contributed by atoms with Gasteiger partial charge in [0, 0.05) is 5.92 Å². The average Bonchev–Trinajstić information content (AvgIpc) is 2.57. The Kier molecular flexibility index (Phi) is 2.55. The highest BCUT2D eigenvalue weighted by atomic mass is 16.1. The summed E-state index contributed by atoms with van der Waals surface area (Å²) in [6, 6.07) is 6.59. The third-order valence-electron chi connectivity index (χ3n) is 4.41. The second kappa shape index (κ2) is 3.95. The van der Waals surface area contributed by atoms with Gasteiger partial charge in [-0.2, -0.15) is 0 Å². The van der Waals surface area contributed by atoms with Crippen molar-refractivity contribution in [3.8, 4) is 0 Å². The number of Topliss-reactive ketones (excluding diaryl/α,β-unsaturated/α-hetero) is 1. The zero-order valence-electron chi connectivity index (χ0n) is 10.5. The molecule has 3 rings (SSSR count). The fraction of sp³-hybridized carbons (Fsp3) is 0.533. The molecule has 2 nitrogen and oxygen atoms in total. The molecule has 3 atom stereocenters. The maximum absolute atomic E-state index is 12.6. The molecule has 2 unspecified atom stereocenters. The van der Waals surface area contributed by atoms with Crippen molar-refractivity contribution in [3.05, 3.63) is 34.9 Å². The second-order valence-corrected chi connectivity index (χ2v) is 5.43. The van der Waals surface area contributed by atoms with Crippen molar-refractivity contribution >= 4 is 5.78 Å². The van der Waals surface area contributed by atoms with Gasteiger partial charge < -0.3 is 5.32 Å². The molecule has 0 aliphatic heterocycles. The molecule has 0 aromatic heterocycles. The molecule has 2 aliphatic carbocycles. The third-order valence-corrected chi connectivity index (χ3v) is 4.41. The molecule has 1 aromatic rings. The van der Waals surface area contributed by atoms with Gasteiger partial charge in [0.05, 0.1) is 6.04 Å². The van der Waals surface area contributed by atoms with E-state index >= 15 is 0 Å². The minimum atomic E-state index is 0.0424. The first-order chi connectivity index (χ1) is 8.22. The summed E-state index contributed by atoms with van der Waals surface area (Å²) in [5.74, 6) is 1.01. The molecule has 0 heterocycles. The van der Waals surface area contributed by atoms with Crippen LogP contribution in [0.1, 0.15) is 36.0 Å². The lowest BCUT2D eigenvalue weighted by molar-refractivity contribution is -0.123. The molecular formula is C15H19NO. The Morgan fingerprint density at radius 1 is 1.29 bits per heavy atom. The Morgan fingerprint density at radius 3 is 2.82 bits per heavy atom. The number of nitrogens with one attached hydrogen (secondary N) is 1. The molecule has 0 radical (unpaired) electrons. The number of carbonyl (C=O) groups excluding carboxylic acids is 1. The van der Waals surface area contributed by atoms with Crippen LogP contribution < -0.4 is 5.32 Å². The first-order valence-corrected chi connectivity index (χ1v) is 6.54. The predicted molar refractivity (Wildman–Crippen MR) is 68.2 cm³/mol. The number of carbonyl (C=O) groups is 1. The minimum absolute atomic E-state index is 0.0424. The summed E-state index contributed by atoms with van der Waals surface area (Å²) in [5, 5.41) is 3.19. The van der Waals surface area contributed by atoms with Gasteiger partial charge in [0.2, 0.25) is 0 Å². The van der Waals surface area contributed by atoms with Crippen LogP contribution in [0.4, 0.5) is 0 Å². The van der Waals surface area contributed by atoms with Crippen LogP contribution in [0.5, 0.6) is 0 Å². The molecule has 2 aliphatic rings. The fourth-order valence-corrected chi connectivity index (χ4v) is 3.58. The van der Waals surface area contributed by atoms with Gasteiger partial charge >= 0.3 is 0 Å². The average molecular weight is 229 g/mol. The number of hydrogen-bond donors (Lipinski definition) is 1. The Labute approximate surface area is 102 Å². The molecule has 17 heavy (non-hydrogen) atoms. The largest absolute Gasteiger partial charge is 0.311 e. The van der Waals surface area contributed by atoms with Crippen molar-refractivity contribution in [1.82, 2.24) is 5.32 Å². The van der Waals surface area contributed by atoms with E-state index in [1.165, 1.54) is 16.7 Å². The van der Waals surface area contributed by atoms with E-state index < -0.39 is 0 Å². The lowest BCUT2D eigenvalue weighted by atomic mass is 9.87. The van der Waals surface area contributed by atoms with Gasteiger partial charge in [-0.15, -0.1) is 0 Å². The smallest absolute Gasteiger partial charge is 0.157 e. The summed E-state index contributed by atoms with van der Waals surface area (Å²) in [7, 11) is 1.90. The summed E-state index contributed by atoms with van der Waals surface area (Å²) in [6.07, 6.45) is 3.04. The van der Waals surface area contributed by atoms with E-state index in [9.17, 15) is 4.79 Å². The number of likely N-dealkylation sites (N-methyl/N-ethyl adjacent to an activating group) is 1. The van der Waals surface area contributed by atoms with Crippen molar-refractivity contribution in [2.75, 3.05) is 7.05 Å². The van der Waals surface area contributed by atoms with Crippen molar-refractivity contribution < 1.29 is 4.79 Å². The minimum Gasteiger partial charge on any atom is -0.311 e. The van der Waals surface area contributed by atoms with Gasteiger partial charge in [0.15, 0.2) is 5.78 Å². The number of benzene rings is 1. The normalized spacial score (nSPS) is 31.2. The molecule has 0 spiro atoms. The van der Waals surface area contributed by atoms with E-state index in [4.69, 9.17) is 0 Å². The van der Waals surface area contributed by atoms with Gasteiger partial charge in [-0.1, -0.05) is 25.1 Å². The molecule has 0 amide bonds. The summed E-state index contributed by atoms with van der Waals surface area (Å²) in [4.78, 5) is 12.6. The van der Waals surface area contributed by atoms with Crippen LogP contribution in [0.15, 0.2) is 18.2 Å². The highest BCUT2D eigenvalue weighted by Crippen LogP contribution is 2.43. The summed E-state index contributed by atoms with van der Waals surface area (Å²) in [5.41, 5.74) is 4.18. The molecule has 90 valence electrons. The third kappa shape index (κ3) is 1.54. The predicted octanol–water partition coefficient (Wildman–Crippen LogP) is 2.07. The highest BCUT2D eigenvalue weighted by Gasteiger charge is 2.40. The Morgan fingerprint density at radius 2 is 2.06 bits per heavy atom. The van der Waals surface area contributed by atoms with Gasteiger partial charge in [0.25, 0.3) is 0 Å². The number of ketones is 1. The number of aryl methyl sites for hydroxylation is 1. The topological polar surface area (TPSA) is 29.1 Å². The molecule has 0 fully saturated rings. The molecule has 0 saturated heterocycles. The lowest BCUT2D eigenvalue weighted by Crippen LogP contribution is -2.37. The van der Waals surface area contributed by atoms with E-state index in [0.717, 1.165) is 19.3 Å². The van der Waals surface area contributed by atoms with Crippen molar-refractivity contribution in [2.24, 2.45) is 5.92 Å². The zero-order chi connectivity index (χ0) is 12.0. The Balaban J connectivity index is 2.13. The summed E-state index contributed by atoms with van der Waals surface area (Å²) >= 11 is 0. The van der Waals surface area contributed by atoms with Crippen molar-refractivity contribution in [3.63, 3.8) is 0 Å². The molecule has 1 aromatic carbocycles. The Hall–Kier alpha value is -1.15. The van der Waals surface area contributed by atoms with Crippen LogP contribution in [0.3, 0.4) is 0 Å². The van der Waals surface area contributed by atoms with Crippen LogP contribution in [0.2, 0.25) is 0 Å². The monoisotopic (exact) mass is 229 g/mol. The molecule has 2 heteroatoms. The van der Waals surface area contributed by atoms with Crippen molar-refractivity contribution in [2.45, 2.75) is 38.1 Å². The SMILES string of the molecule is CNC1CCc2cccc3c2C(C1=O)[C@H](C)C3. The highest BCUT2D eigenvalue weighted by molar-refractivity contribution is 5.92. The van der Waals surface area contributed by atoms with E-state index in [-0.39, 0.29) is 12.0 Å². The van der Waals surface area contributed by atoms with Crippen LogP contribution in [-0.2, 0) is 17.6 Å². The Bertz CT molecular complexity index is 466. The quantitative estimate of drug-likeness (QED) is 0.798. The van der Waals surface area contributed by atoms with E-state index in [1.807, 2.05) is 7.05 Å². The lowest BCUT2D eigenvalue weighted by Gasteiger charge is -2.19. The van der Waals surface area contributed by atoms with Crippen LogP contribution in [0.25, 0.3) is 0 Å². The van der Waals surface area contributed by atoms with Crippen LogP contribution in [0, 0.1) is 5.92 Å². The van der Waals surface area contributed by atoms with E-state index in [0.29, 0.717) is 11.7 Å². The van der Waals surface area contributed by atoms with Gasteiger partial charge in [-0.25, -0.2) is 0 Å². The molecule has 0 saturated carbocycles. The first kappa shape index (κ1) is 11.0. The maximum atomic E-state index is 12.6. The number of rotatable bonds is 1. The summed E-state index contributed by atoms with van der Waals surface area (Å²) in [6.45, 7) is 2.21. The first-order valence-electron chi connectivity index (χ1n) is 6.54. The van der Waals surface area contributed by atoms with Crippen LogP contribution >= 0.6 is 0 Å². The van der Waals surface area contributed by atoms with Gasteiger partial charge in [-0.3, -0.25) is 4.79 Å². The standard InChI is InChI=1S/C15H19NO/c1-9-8-11-5-3-4-10-6-7-12(16-2)15(17)13(9)14(10)11/h3-5,9,12-13,16H,6-8H2,1-2H3/t9-,12?,13?/m1/s1. The zero-order valence-corrected chi connectivity index (χ0v) is 10.5. The van der Waals surface area contributed by atoms with Gasteiger partial charge in [-0.05, 0) is 48.9 Å². The van der Waals surface area contributed by atoms with Crippen molar-refractivity contribution in [1.29, 1.82) is 0 Å². The van der Waals surface area contributed by atoms with E-state index in [2.05, 4.69) is 30.4 Å². The summed E-state index contributed by atoms with van der Waals surface area (Å²) < 4.78 is 0. The fourth-order valence-electron chi connectivity index (χ4n) is 3.58. The van der Waals surface area contributed by atoms with Gasteiger partial charge in [0.1, 0.15) is 0 Å². The molecular weight excluding hydrogens is 210 g/mol.